The molecule has 2 rings (SSSR count). The molecule has 1 saturated carbocycles. The molecule has 1 fully saturated rings. The topological polar surface area (TPSA) is 73.4 Å². The maximum atomic E-state index is 12.2. The maximum absolute atomic E-state index is 12.2. The highest BCUT2D eigenvalue weighted by Crippen LogP contribution is 2.37. The number of aliphatic hydroxyl groups is 1. The van der Waals surface area contributed by atoms with Crippen molar-refractivity contribution < 1.29 is 9.90 Å². The third-order valence-corrected chi connectivity index (χ3v) is 6.46. The first kappa shape index (κ1) is 21.2. The lowest BCUT2D eigenvalue weighted by Crippen LogP contribution is -2.48. The van der Waals surface area contributed by atoms with Gasteiger partial charge in [-0.2, -0.15) is 11.3 Å². The van der Waals surface area contributed by atoms with E-state index in [4.69, 9.17) is 0 Å². The van der Waals surface area contributed by atoms with Crippen LogP contribution in [0.1, 0.15) is 45.6 Å². The lowest BCUT2D eigenvalue weighted by atomic mass is 9.70. The van der Waals surface area contributed by atoms with Crippen LogP contribution < -0.4 is 16.0 Å². The summed E-state index contributed by atoms with van der Waals surface area (Å²) < 4.78 is 0. The largest absolute Gasteiger partial charge is 0.393 e. The molecule has 26 heavy (non-hydrogen) atoms. The van der Waals surface area contributed by atoms with Crippen LogP contribution in [0.2, 0.25) is 0 Å². The van der Waals surface area contributed by atoms with Gasteiger partial charge in [0.1, 0.15) is 0 Å². The van der Waals surface area contributed by atoms with Crippen LogP contribution in [0.15, 0.2) is 16.8 Å². The summed E-state index contributed by atoms with van der Waals surface area (Å²) in [7, 11) is 1.95. The standard InChI is InChI=1S/C20H35N3O2S/c1-13-7-18(24)8-14(2)19(13)10-17(21-4)11-22-20(25)23-15(3)9-16-5-6-26-12-16/h5-6,12-15,17-19,21,24H,7-11H2,1-4H3,(H2,22,23,25)/t13?,14?,15-,17-,18?,19?/m0/s1. The summed E-state index contributed by atoms with van der Waals surface area (Å²) >= 11 is 1.68. The fourth-order valence-electron chi connectivity index (χ4n) is 4.27. The van der Waals surface area contributed by atoms with Crippen molar-refractivity contribution in [3.63, 3.8) is 0 Å². The van der Waals surface area contributed by atoms with Gasteiger partial charge in [0.05, 0.1) is 6.10 Å². The van der Waals surface area contributed by atoms with E-state index < -0.39 is 0 Å². The van der Waals surface area contributed by atoms with E-state index in [9.17, 15) is 9.90 Å². The molecule has 0 aliphatic heterocycles. The molecular formula is C20H35N3O2S. The molecule has 2 unspecified atom stereocenters. The monoisotopic (exact) mass is 381 g/mol. The van der Waals surface area contributed by atoms with Crippen LogP contribution in [0.25, 0.3) is 0 Å². The van der Waals surface area contributed by atoms with E-state index in [1.807, 2.05) is 14.0 Å². The van der Waals surface area contributed by atoms with Crippen molar-refractivity contribution in [3.05, 3.63) is 22.4 Å². The Morgan fingerprint density at radius 3 is 2.62 bits per heavy atom. The molecule has 6 heteroatoms. The molecule has 1 aromatic rings. The van der Waals surface area contributed by atoms with Gasteiger partial charge in [-0.05, 0) is 79.8 Å². The van der Waals surface area contributed by atoms with Gasteiger partial charge in [0.15, 0.2) is 0 Å². The SMILES string of the molecule is CN[C@H](CNC(=O)N[C@@H](C)Cc1ccsc1)CC1C(C)CC(O)CC1C. The van der Waals surface area contributed by atoms with E-state index in [2.05, 4.69) is 46.6 Å². The Bertz CT molecular complexity index is 525. The summed E-state index contributed by atoms with van der Waals surface area (Å²) in [5, 5.41) is 23.5. The van der Waals surface area contributed by atoms with Crippen LogP contribution in [-0.4, -0.2) is 42.9 Å². The molecule has 1 aliphatic rings. The van der Waals surface area contributed by atoms with Gasteiger partial charge in [-0.15, -0.1) is 0 Å². The first-order valence-electron chi connectivity index (χ1n) is 9.79. The second-order valence-electron chi connectivity index (χ2n) is 8.06. The number of hydrogen-bond donors (Lipinski definition) is 4. The first-order chi connectivity index (χ1) is 12.4. The summed E-state index contributed by atoms with van der Waals surface area (Å²) in [6, 6.07) is 2.35. The van der Waals surface area contributed by atoms with Crippen LogP contribution in [0.3, 0.4) is 0 Å². The molecule has 4 atom stereocenters. The van der Waals surface area contributed by atoms with Crippen LogP contribution in [-0.2, 0) is 6.42 Å². The second-order valence-corrected chi connectivity index (χ2v) is 8.84. The summed E-state index contributed by atoms with van der Waals surface area (Å²) in [5.41, 5.74) is 1.26. The number of urea groups is 1. The number of carbonyl (C=O) groups excluding carboxylic acids is 1. The van der Waals surface area contributed by atoms with Crippen LogP contribution in [0, 0.1) is 17.8 Å². The Balaban J connectivity index is 1.74. The molecule has 148 valence electrons. The number of thiophene rings is 1. The van der Waals surface area contributed by atoms with Crippen molar-refractivity contribution in [2.24, 2.45) is 17.8 Å². The predicted octanol–water partition coefficient (Wildman–Crippen LogP) is 3.00. The third kappa shape index (κ3) is 6.56. The van der Waals surface area contributed by atoms with Crippen molar-refractivity contribution in [1.29, 1.82) is 0 Å². The maximum Gasteiger partial charge on any atom is 0.315 e. The number of rotatable bonds is 8. The molecule has 0 bridgehead atoms. The molecule has 0 radical (unpaired) electrons. The zero-order chi connectivity index (χ0) is 19.1. The Morgan fingerprint density at radius 2 is 2.04 bits per heavy atom. The van der Waals surface area contributed by atoms with Crippen molar-refractivity contribution in [3.8, 4) is 0 Å². The molecule has 2 amide bonds. The average molecular weight is 382 g/mol. The van der Waals surface area contributed by atoms with E-state index in [1.165, 1.54) is 5.56 Å². The van der Waals surface area contributed by atoms with E-state index >= 15 is 0 Å². The fourth-order valence-corrected chi connectivity index (χ4v) is 4.95. The Labute approximate surface area is 162 Å². The minimum Gasteiger partial charge on any atom is -0.393 e. The second kappa shape index (κ2) is 10.3. The van der Waals surface area contributed by atoms with Crippen LogP contribution in [0.4, 0.5) is 4.79 Å². The molecule has 0 saturated heterocycles. The van der Waals surface area contributed by atoms with Gasteiger partial charge in [-0.25, -0.2) is 4.79 Å². The van der Waals surface area contributed by atoms with Crippen LogP contribution in [0.5, 0.6) is 0 Å². The Hall–Kier alpha value is -1.11. The molecule has 4 N–H and O–H groups in total. The quantitative estimate of drug-likeness (QED) is 0.559. The fraction of sp³-hybridized carbons (Fsp3) is 0.750. The average Bonchev–Trinajstić information content (AvgIpc) is 3.06. The number of hydrogen-bond acceptors (Lipinski definition) is 4. The van der Waals surface area contributed by atoms with E-state index in [-0.39, 0.29) is 24.2 Å². The lowest BCUT2D eigenvalue weighted by molar-refractivity contribution is 0.0329. The highest BCUT2D eigenvalue weighted by atomic mass is 32.1. The zero-order valence-corrected chi connectivity index (χ0v) is 17.3. The van der Waals surface area contributed by atoms with Gasteiger partial charge in [0.2, 0.25) is 0 Å². The summed E-state index contributed by atoms with van der Waals surface area (Å²) in [4.78, 5) is 12.2. The number of carbonyl (C=O) groups is 1. The number of nitrogens with one attached hydrogen (secondary N) is 3. The smallest absolute Gasteiger partial charge is 0.315 e. The van der Waals surface area contributed by atoms with Gasteiger partial charge in [0.25, 0.3) is 0 Å². The minimum atomic E-state index is -0.155. The van der Waals surface area contributed by atoms with Gasteiger partial charge in [0, 0.05) is 18.6 Å². The molecule has 0 spiro atoms. The highest BCUT2D eigenvalue weighted by Gasteiger charge is 2.33. The Morgan fingerprint density at radius 1 is 1.35 bits per heavy atom. The lowest BCUT2D eigenvalue weighted by Gasteiger charge is -2.39. The minimum absolute atomic E-state index is 0.104. The molecule has 0 aromatic carbocycles. The van der Waals surface area contributed by atoms with Crippen molar-refractivity contribution >= 4 is 17.4 Å². The number of likely N-dealkylation sites (N-methyl/N-ethyl adjacent to an activating group) is 1. The van der Waals surface area contributed by atoms with Crippen molar-refractivity contribution in [1.82, 2.24) is 16.0 Å². The first-order valence-corrected chi connectivity index (χ1v) is 10.7. The van der Waals surface area contributed by atoms with Crippen molar-refractivity contribution in [2.45, 2.75) is 64.6 Å². The zero-order valence-electron chi connectivity index (χ0n) is 16.5. The number of amides is 2. The molecule has 1 aromatic heterocycles. The summed E-state index contributed by atoms with van der Waals surface area (Å²) in [6.07, 6.45) is 3.50. The van der Waals surface area contributed by atoms with Gasteiger partial charge >= 0.3 is 6.03 Å². The molecule has 5 nitrogen and oxygen atoms in total. The summed E-state index contributed by atoms with van der Waals surface area (Å²) in [6.45, 7) is 7.13. The summed E-state index contributed by atoms with van der Waals surface area (Å²) in [5.74, 6) is 1.62. The molecular weight excluding hydrogens is 346 g/mol. The van der Waals surface area contributed by atoms with E-state index in [0.29, 0.717) is 24.3 Å². The van der Waals surface area contributed by atoms with E-state index in [1.54, 1.807) is 11.3 Å². The van der Waals surface area contributed by atoms with Crippen molar-refractivity contribution in [2.75, 3.05) is 13.6 Å². The normalized spacial score (nSPS) is 28.3. The van der Waals surface area contributed by atoms with Crippen LogP contribution >= 0.6 is 11.3 Å². The van der Waals surface area contributed by atoms with Gasteiger partial charge < -0.3 is 21.1 Å². The third-order valence-electron chi connectivity index (χ3n) is 5.72. The Kier molecular flexibility index (Phi) is 8.38. The van der Waals surface area contributed by atoms with Gasteiger partial charge in [-0.1, -0.05) is 13.8 Å². The molecule has 1 aliphatic carbocycles. The van der Waals surface area contributed by atoms with E-state index in [0.717, 1.165) is 25.7 Å². The number of aliphatic hydroxyl groups excluding tert-OH is 1. The predicted molar refractivity (Wildman–Crippen MR) is 109 cm³/mol. The van der Waals surface area contributed by atoms with Gasteiger partial charge in [-0.3, -0.25) is 0 Å². The highest BCUT2D eigenvalue weighted by molar-refractivity contribution is 7.07. The molecule has 1 heterocycles.